The summed E-state index contributed by atoms with van der Waals surface area (Å²) in [5.41, 5.74) is 0.786. The van der Waals surface area contributed by atoms with Crippen LogP contribution in [-0.2, 0) is 19.1 Å². The number of hydrogen-bond acceptors (Lipinski definition) is 6. The van der Waals surface area contributed by atoms with Gasteiger partial charge in [0.1, 0.15) is 18.6 Å². The van der Waals surface area contributed by atoms with Crippen molar-refractivity contribution >= 4 is 11.9 Å². The molecule has 0 spiro atoms. The molecule has 1 aliphatic carbocycles. The maximum atomic E-state index is 12.9. The lowest BCUT2D eigenvalue weighted by Gasteiger charge is -2.56. The molecule has 3 aliphatic rings. The van der Waals surface area contributed by atoms with Crippen molar-refractivity contribution in [2.75, 3.05) is 13.7 Å². The lowest BCUT2D eigenvalue weighted by Crippen LogP contribution is -2.71. The van der Waals surface area contributed by atoms with E-state index in [4.69, 9.17) is 9.47 Å². The molecule has 29 heavy (non-hydrogen) atoms. The van der Waals surface area contributed by atoms with Gasteiger partial charge in [-0.2, -0.15) is 0 Å². The molecule has 6 heteroatoms. The summed E-state index contributed by atoms with van der Waals surface area (Å²) < 4.78 is 11.2. The number of benzene rings is 1. The first-order valence-electron chi connectivity index (χ1n) is 10.8. The molecule has 3 unspecified atom stereocenters. The zero-order chi connectivity index (χ0) is 20.8. The van der Waals surface area contributed by atoms with E-state index in [-0.39, 0.29) is 42.8 Å². The van der Waals surface area contributed by atoms with Crippen LogP contribution in [0.1, 0.15) is 63.4 Å². The van der Waals surface area contributed by atoms with Crippen molar-refractivity contribution in [2.45, 2.75) is 82.1 Å². The van der Waals surface area contributed by atoms with Crippen molar-refractivity contribution in [1.82, 2.24) is 4.90 Å². The highest BCUT2D eigenvalue weighted by Gasteiger charge is 2.52. The summed E-state index contributed by atoms with van der Waals surface area (Å²) in [6.45, 7) is 2.13. The minimum Gasteiger partial charge on any atom is -0.464 e. The normalized spacial score (nSPS) is 27.0. The highest BCUT2D eigenvalue weighted by atomic mass is 16.6. The van der Waals surface area contributed by atoms with E-state index in [1.807, 2.05) is 37.4 Å². The third kappa shape index (κ3) is 5.37. The number of likely N-dealkylation sites (N-methyl/N-ethyl adjacent to an activating group) is 1. The number of unbranched alkanes of at least 4 members (excludes halogenated alkanes) is 3. The second-order valence-electron chi connectivity index (χ2n) is 8.28. The molecule has 2 saturated heterocycles. The SMILES string of the molecule is CCCCCCC(=O)OC[C@@H](C(=O)OC1CC2C(O)[C@H](C1)N2C)c1ccccc1. The zero-order valence-electron chi connectivity index (χ0n) is 17.5. The van der Waals surface area contributed by atoms with Crippen LogP contribution in [0.15, 0.2) is 30.3 Å². The smallest absolute Gasteiger partial charge is 0.317 e. The summed E-state index contributed by atoms with van der Waals surface area (Å²) >= 11 is 0. The molecule has 1 N–H and O–H groups in total. The van der Waals surface area contributed by atoms with Crippen molar-refractivity contribution in [3.63, 3.8) is 0 Å². The third-order valence-corrected chi connectivity index (χ3v) is 6.26. The largest absolute Gasteiger partial charge is 0.464 e. The number of carbonyl (C=O) groups is 2. The molecular weight excluding hydrogens is 370 g/mol. The number of carbonyl (C=O) groups excluding carboxylic acids is 2. The van der Waals surface area contributed by atoms with E-state index in [0.29, 0.717) is 19.3 Å². The molecule has 2 heterocycles. The van der Waals surface area contributed by atoms with E-state index in [1.54, 1.807) is 0 Å². The molecule has 1 saturated carbocycles. The quantitative estimate of drug-likeness (QED) is 0.478. The summed E-state index contributed by atoms with van der Waals surface area (Å²) in [6.07, 6.45) is 5.19. The minimum atomic E-state index is -0.628. The van der Waals surface area contributed by atoms with Crippen LogP contribution in [0.3, 0.4) is 0 Å². The van der Waals surface area contributed by atoms with Crippen molar-refractivity contribution in [1.29, 1.82) is 0 Å². The highest BCUT2D eigenvalue weighted by molar-refractivity contribution is 5.79. The fourth-order valence-corrected chi connectivity index (χ4v) is 4.40. The average Bonchev–Trinajstić information content (AvgIpc) is 2.73. The summed E-state index contributed by atoms with van der Waals surface area (Å²) in [4.78, 5) is 27.1. The standard InChI is InChI=1S/C23H33NO5/c1-3-4-5-9-12-21(25)28-15-18(16-10-7-6-8-11-16)23(27)29-17-13-19-22(26)20(14-17)24(19)2/h6-8,10-11,17-20,22,26H,3-5,9,12-15H2,1-2H3/t17?,18-,19+,20?,22?/m1/s1. The number of ether oxygens (including phenoxy) is 2. The van der Waals surface area contributed by atoms with Crippen LogP contribution in [0.5, 0.6) is 0 Å². The monoisotopic (exact) mass is 403 g/mol. The number of esters is 2. The van der Waals surface area contributed by atoms with E-state index in [1.165, 1.54) is 0 Å². The van der Waals surface area contributed by atoms with Gasteiger partial charge in [0.15, 0.2) is 0 Å². The number of rotatable bonds is 10. The Morgan fingerprint density at radius 3 is 2.45 bits per heavy atom. The van der Waals surface area contributed by atoms with Gasteiger partial charge < -0.3 is 14.6 Å². The van der Waals surface area contributed by atoms with Gasteiger partial charge in [-0.1, -0.05) is 56.5 Å². The second-order valence-corrected chi connectivity index (χ2v) is 8.28. The molecular formula is C23H33NO5. The van der Waals surface area contributed by atoms with E-state index in [2.05, 4.69) is 11.8 Å². The third-order valence-electron chi connectivity index (χ3n) is 6.26. The predicted octanol–water partition coefficient (Wildman–Crippen LogP) is 3.03. The first kappa shape index (κ1) is 21.8. The Morgan fingerprint density at radius 2 is 1.83 bits per heavy atom. The number of hydrogen-bond donors (Lipinski definition) is 1. The molecule has 3 fully saturated rings. The van der Waals surface area contributed by atoms with Gasteiger partial charge >= 0.3 is 11.9 Å². The Bertz CT molecular complexity index is 655. The van der Waals surface area contributed by atoms with Crippen LogP contribution in [0.4, 0.5) is 0 Å². The number of piperidine rings is 1. The van der Waals surface area contributed by atoms with Gasteiger partial charge in [0.2, 0.25) is 0 Å². The van der Waals surface area contributed by atoms with Gasteiger partial charge in [0.05, 0.1) is 6.10 Å². The van der Waals surface area contributed by atoms with E-state index < -0.39 is 5.92 Å². The molecule has 0 aromatic heterocycles. The molecule has 0 amide bonds. The minimum absolute atomic E-state index is 0.00242. The molecule has 5 atom stereocenters. The maximum absolute atomic E-state index is 12.9. The van der Waals surface area contributed by atoms with Gasteiger partial charge in [-0.15, -0.1) is 0 Å². The molecule has 1 aromatic rings. The Hall–Kier alpha value is -1.92. The molecule has 2 aliphatic heterocycles. The first-order valence-corrected chi connectivity index (χ1v) is 10.8. The second kappa shape index (κ2) is 10.2. The van der Waals surface area contributed by atoms with Gasteiger partial charge in [0, 0.05) is 31.3 Å². The van der Waals surface area contributed by atoms with Crippen LogP contribution in [0.2, 0.25) is 0 Å². The number of aliphatic hydroxyl groups is 1. The molecule has 0 radical (unpaired) electrons. The topological polar surface area (TPSA) is 76.1 Å². The van der Waals surface area contributed by atoms with E-state index >= 15 is 0 Å². The zero-order valence-corrected chi connectivity index (χ0v) is 17.5. The Morgan fingerprint density at radius 1 is 1.14 bits per heavy atom. The Balaban J connectivity index is 1.54. The predicted molar refractivity (Wildman–Crippen MR) is 109 cm³/mol. The molecule has 160 valence electrons. The molecule has 6 nitrogen and oxygen atoms in total. The average molecular weight is 404 g/mol. The van der Waals surface area contributed by atoms with Gasteiger partial charge in [0.25, 0.3) is 0 Å². The van der Waals surface area contributed by atoms with Crippen molar-refractivity contribution in [3.8, 4) is 0 Å². The molecule has 4 rings (SSSR count). The van der Waals surface area contributed by atoms with Crippen LogP contribution in [-0.4, -0.2) is 59.9 Å². The highest BCUT2D eigenvalue weighted by Crippen LogP contribution is 2.38. The maximum Gasteiger partial charge on any atom is 0.317 e. The van der Waals surface area contributed by atoms with Crippen LogP contribution < -0.4 is 0 Å². The van der Waals surface area contributed by atoms with Crippen molar-refractivity contribution in [2.24, 2.45) is 0 Å². The first-order chi connectivity index (χ1) is 14.0. The van der Waals surface area contributed by atoms with Crippen LogP contribution in [0.25, 0.3) is 0 Å². The lowest BCUT2D eigenvalue weighted by atomic mass is 9.76. The van der Waals surface area contributed by atoms with Gasteiger partial charge in [-0.3, -0.25) is 14.5 Å². The summed E-state index contributed by atoms with van der Waals surface area (Å²) in [7, 11) is 1.99. The van der Waals surface area contributed by atoms with E-state index in [9.17, 15) is 14.7 Å². The number of aliphatic hydroxyl groups excluding tert-OH is 1. The molecule has 2 bridgehead atoms. The molecule has 1 aromatic carbocycles. The Labute approximate surface area is 173 Å². The Kier molecular flexibility index (Phi) is 7.67. The fourth-order valence-electron chi connectivity index (χ4n) is 4.40. The van der Waals surface area contributed by atoms with Crippen molar-refractivity contribution in [3.05, 3.63) is 35.9 Å². The summed E-state index contributed by atoms with van der Waals surface area (Å²) in [5.74, 6) is -1.26. The van der Waals surface area contributed by atoms with Gasteiger partial charge in [-0.05, 0) is 19.0 Å². The fraction of sp³-hybridized carbons (Fsp3) is 0.652. The summed E-state index contributed by atoms with van der Waals surface area (Å²) in [6, 6.07) is 9.45. The van der Waals surface area contributed by atoms with E-state index in [0.717, 1.165) is 31.2 Å². The van der Waals surface area contributed by atoms with Crippen molar-refractivity contribution < 1.29 is 24.2 Å². The lowest BCUT2D eigenvalue weighted by molar-refractivity contribution is -0.185. The van der Waals surface area contributed by atoms with Crippen LogP contribution >= 0.6 is 0 Å². The van der Waals surface area contributed by atoms with Crippen LogP contribution in [0, 0.1) is 0 Å². The summed E-state index contributed by atoms with van der Waals surface area (Å²) in [5, 5.41) is 10.0. The number of fused-ring (bicyclic) bond motifs is 2. The van der Waals surface area contributed by atoms with Gasteiger partial charge in [-0.25, -0.2) is 0 Å². The number of nitrogens with zero attached hydrogens (tertiary/aromatic N) is 1.